The van der Waals surface area contributed by atoms with Crippen molar-refractivity contribution in [1.82, 2.24) is 19.5 Å². The molecule has 1 fully saturated rings. The largest absolute Gasteiger partial charge is 0.445 e. The minimum Gasteiger partial charge on any atom is -0.445 e. The molecule has 2 heterocycles. The van der Waals surface area contributed by atoms with E-state index in [2.05, 4.69) is 10.3 Å². The van der Waals surface area contributed by atoms with Gasteiger partial charge in [-0.3, -0.25) is 9.78 Å². The van der Waals surface area contributed by atoms with E-state index in [-0.39, 0.29) is 49.5 Å². The minimum atomic E-state index is -3.66. The summed E-state index contributed by atoms with van der Waals surface area (Å²) in [6.45, 7) is 4.78. The van der Waals surface area contributed by atoms with Crippen molar-refractivity contribution < 1.29 is 22.7 Å². The molecule has 33 heavy (non-hydrogen) atoms. The Kier molecular flexibility index (Phi) is 8.40. The van der Waals surface area contributed by atoms with E-state index in [1.54, 1.807) is 11.0 Å². The third-order valence-corrected chi connectivity index (χ3v) is 7.67. The monoisotopic (exact) mass is 474 g/mol. The maximum Gasteiger partial charge on any atom is 0.408 e. The summed E-state index contributed by atoms with van der Waals surface area (Å²) in [5.74, 6) is -0.349. The van der Waals surface area contributed by atoms with Crippen LogP contribution >= 0.6 is 0 Å². The van der Waals surface area contributed by atoms with Crippen molar-refractivity contribution in [3.05, 3.63) is 60.4 Å². The van der Waals surface area contributed by atoms with E-state index in [4.69, 9.17) is 4.74 Å². The second-order valence-electron chi connectivity index (χ2n) is 7.99. The van der Waals surface area contributed by atoms with E-state index in [9.17, 15) is 18.0 Å². The molecule has 0 aliphatic carbocycles. The molecule has 1 N–H and O–H groups in total. The van der Waals surface area contributed by atoms with Crippen LogP contribution in [0.2, 0.25) is 0 Å². The van der Waals surface area contributed by atoms with Crippen LogP contribution in [0, 0.1) is 5.92 Å². The summed E-state index contributed by atoms with van der Waals surface area (Å²) in [6.07, 6.45) is 2.86. The van der Waals surface area contributed by atoms with E-state index in [0.717, 1.165) is 5.56 Å². The Morgan fingerprint density at radius 2 is 1.79 bits per heavy atom. The molecule has 0 unspecified atom stereocenters. The van der Waals surface area contributed by atoms with Gasteiger partial charge in [-0.2, -0.15) is 4.31 Å². The van der Waals surface area contributed by atoms with Crippen molar-refractivity contribution in [3.63, 3.8) is 0 Å². The first kappa shape index (κ1) is 24.7. The van der Waals surface area contributed by atoms with Crippen molar-refractivity contribution in [2.45, 2.75) is 37.8 Å². The lowest BCUT2D eigenvalue weighted by atomic mass is 9.97. The van der Waals surface area contributed by atoms with Crippen LogP contribution in [0.15, 0.2) is 59.8 Å². The van der Waals surface area contributed by atoms with Crippen molar-refractivity contribution in [2.75, 3.05) is 26.2 Å². The second kappa shape index (κ2) is 11.2. The SMILES string of the molecule is CC[C@H](C)[C@H](NC(=O)OCc1ccccc1)C(=O)N1CCN(S(=O)(=O)c2cccnc2)CC1. The van der Waals surface area contributed by atoms with Crippen molar-refractivity contribution in [3.8, 4) is 0 Å². The molecule has 1 aromatic heterocycles. The molecular formula is C23H30N4O5S. The molecule has 1 aliphatic rings. The molecular weight excluding hydrogens is 444 g/mol. The lowest BCUT2D eigenvalue weighted by Gasteiger charge is -2.36. The van der Waals surface area contributed by atoms with Crippen molar-refractivity contribution in [2.24, 2.45) is 5.92 Å². The van der Waals surface area contributed by atoms with Crippen molar-refractivity contribution in [1.29, 1.82) is 0 Å². The number of carbonyl (C=O) groups excluding carboxylic acids is 2. The highest BCUT2D eigenvalue weighted by atomic mass is 32.2. The normalized spacial score (nSPS) is 16.6. The van der Waals surface area contributed by atoms with Gasteiger partial charge in [-0.15, -0.1) is 0 Å². The van der Waals surface area contributed by atoms with Gasteiger partial charge < -0.3 is 15.0 Å². The lowest BCUT2D eigenvalue weighted by molar-refractivity contribution is -0.135. The number of nitrogens with one attached hydrogen (secondary N) is 1. The number of carbonyl (C=O) groups is 2. The number of piperazine rings is 1. The molecule has 0 radical (unpaired) electrons. The summed E-state index contributed by atoms with van der Waals surface area (Å²) in [5.41, 5.74) is 0.852. The average Bonchev–Trinajstić information content (AvgIpc) is 2.86. The maximum atomic E-state index is 13.2. The fraction of sp³-hybridized carbons (Fsp3) is 0.435. The molecule has 9 nitrogen and oxygen atoms in total. The zero-order chi connectivity index (χ0) is 23.8. The Morgan fingerprint density at radius 1 is 1.09 bits per heavy atom. The van der Waals surface area contributed by atoms with E-state index < -0.39 is 22.2 Å². The second-order valence-corrected chi connectivity index (χ2v) is 9.93. The standard InChI is InChI=1S/C23H30N4O5S/c1-3-18(2)21(25-23(29)32-17-19-8-5-4-6-9-19)22(28)26-12-14-27(15-13-26)33(30,31)20-10-7-11-24-16-20/h4-11,16,18,21H,3,12-15,17H2,1-2H3,(H,25,29)/t18-,21-/m0/s1. The summed E-state index contributed by atoms with van der Waals surface area (Å²) < 4.78 is 32.2. The number of aromatic nitrogens is 1. The fourth-order valence-corrected chi connectivity index (χ4v) is 4.96. The van der Waals surface area contributed by atoms with Gasteiger partial charge >= 0.3 is 6.09 Å². The molecule has 0 bridgehead atoms. The van der Waals surface area contributed by atoms with Crippen LogP contribution in [0.25, 0.3) is 0 Å². The summed E-state index contributed by atoms with van der Waals surface area (Å²) >= 11 is 0. The van der Waals surface area contributed by atoms with Gasteiger partial charge in [-0.25, -0.2) is 13.2 Å². The maximum absolute atomic E-state index is 13.2. The third-order valence-electron chi connectivity index (χ3n) is 5.79. The summed E-state index contributed by atoms with van der Waals surface area (Å²) in [4.78, 5) is 31.2. The fourth-order valence-electron chi connectivity index (χ4n) is 3.57. The van der Waals surface area contributed by atoms with Gasteiger partial charge in [0.25, 0.3) is 0 Å². The number of hydrogen-bond acceptors (Lipinski definition) is 6. The molecule has 0 spiro atoms. The Bertz CT molecular complexity index is 1030. The highest BCUT2D eigenvalue weighted by Crippen LogP contribution is 2.18. The third kappa shape index (κ3) is 6.29. The number of hydrogen-bond donors (Lipinski definition) is 1. The molecule has 10 heteroatoms. The smallest absolute Gasteiger partial charge is 0.408 e. The van der Waals surface area contributed by atoms with Gasteiger partial charge in [0.2, 0.25) is 15.9 Å². The molecule has 178 valence electrons. The Labute approximate surface area is 194 Å². The number of benzene rings is 1. The Balaban J connectivity index is 1.59. The summed E-state index contributed by atoms with van der Waals surface area (Å²) in [6, 6.07) is 11.6. The number of nitrogens with zero attached hydrogens (tertiary/aromatic N) is 3. The van der Waals surface area contributed by atoms with Gasteiger partial charge in [0.15, 0.2) is 0 Å². The van der Waals surface area contributed by atoms with Crippen LogP contribution in [0.3, 0.4) is 0 Å². The zero-order valence-electron chi connectivity index (χ0n) is 18.9. The van der Waals surface area contributed by atoms with E-state index in [0.29, 0.717) is 6.42 Å². The number of rotatable bonds is 8. The van der Waals surface area contributed by atoms with Gasteiger partial charge in [0.05, 0.1) is 0 Å². The predicted molar refractivity (Wildman–Crippen MR) is 123 cm³/mol. The van der Waals surface area contributed by atoms with Crippen LogP contribution in [0.4, 0.5) is 4.79 Å². The topological polar surface area (TPSA) is 109 Å². The summed E-state index contributed by atoms with van der Waals surface area (Å²) in [7, 11) is -3.66. The van der Waals surface area contributed by atoms with Gasteiger partial charge in [-0.05, 0) is 23.6 Å². The van der Waals surface area contributed by atoms with Crippen LogP contribution in [-0.4, -0.2) is 66.8 Å². The molecule has 2 amide bonds. The van der Waals surface area contributed by atoms with E-state index in [1.807, 2.05) is 44.2 Å². The van der Waals surface area contributed by atoms with Gasteiger partial charge in [0.1, 0.15) is 17.5 Å². The van der Waals surface area contributed by atoms with Crippen molar-refractivity contribution >= 4 is 22.0 Å². The summed E-state index contributed by atoms with van der Waals surface area (Å²) in [5, 5.41) is 2.71. The zero-order valence-corrected chi connectivity index (χ0v) is 19.7. The highest BCUT2D eigenvalue weighted by molar-refractivity contribution is 7.89. The molecule has 0 saturated carbocycles. The molecule has 2 aromatic rings. The first-order chi connectivity index (χ1) is 15.8. The Hall–Kier alpha value is -2.98. The number of alkyl carbamates (subject to hydrolysis) is 1. The molecule has 1 aliphatic heterocycles. The molecule has 3 rings (SSSR count). The van der Waals surface area contributed by atoms with Crippen LogP contribution in [0.5, 0.6) is 0 Å². The van der Waals surface area contributed by atoms with Crippen LogP contribution in [-0.2, 0) is 26.2 Å². The van der Waals surface area contributed by atoms with E-state index >= 15 is 0 Å². The van der Waals surface area contributed by atoms with Crippen LogP contribution in [0.1, 0.15) is 25.8 Å². The highest BCUT2D eigenvalue weighted by Gasteiger charge is 2.35. The number of sulfonamides is 1. The minimum absolute atomic E-state index is 0.110. The molecule has 1 aromatic carbocycles. The number of pyridine rings is 1. The number of ether oxygens (including phenoxy) is 1. The molecule has 1 saturated heterocycles. The van der Waals surface area contributed by atoms with Gasteiger partial charge in [-0.1, -0.05) is 50.6 Å². The van der Waals surface area contributed by atoms with E-state index in [1.165, 1.54) is 22.8 Å². The van der Waals surface area contributed by atoms with Gasteiger partial charge in [0, 0.05) is 38.6 Å². The average molecular weight is 475 g/mol. The predicted octanol–water partition coefficient (Wildman–Crippen LogP) is 2.26. The Morgan fingerprint density at radius 3 is 2.39 bits per heavy atom. The quantitative estimate of drug-likeness (QED) is 0.629. The first-order valence-corrected chi connectivity index (χ1v) is 12.4. The molecule has 2 atom stereocenters. The number of amides is 2. The lowest BCUT2D eigenvalue weighted by Crippen LogP contribution is -2.57. The van der Waals surface area contributed by atoms with Crippen LogP contribution < -0.4 is 5.32 Å². The first-order valence-electron chi connectivity index (χ1n) is 11.0.